The Kier molecular flexibility index (Phi) is 3.34. The summed E-state index contributed by atoms with van der Waals surface area (Å²) < 4.78 is 18.6. The van der Waals surface area contributed by atoms with Crippen LogP contribution >= 0.6 is 0 Å². The third-order valence-electron chi connectivity index (χ3n) is 2.86. The van der Waals surface area contributed by atoms with Crippen LogP contribution in [0.5, 0.6) is 5.75 Å². The second kappa shape index (κ2) is 4.78. The Morgan fingerprint density at radius 1 is 1.33 bits per heavy atom. The van der Waals surface area contributed by atoms with Gasteiger partial charge < -0.3 is 10.2 Å². The molecule has 18 heavy (non-hydrogen) atoms. The maximum absolute atomic E-state index is 13.5. The summed E-state index contributed by atoms with van der Waals surface area (Å²) in [4.78, 5) is 4.40. The molecular formula is C13H16FN3O. The van der Waals surface area contributed by atoms with Gasteiger partial charge in [-0.05, 0) is 23.6 Å². The van der Waals surface area contributed by atoms with E-state index in [2.05, 4.69) is 10.4 Å². The van der Waals surface area contributed by atoms with Crippen LogP contribution in [0.15, 0.2) is 18.2 Å². The fourth-order valence-corrected chi connectivity index (χ4v) is 1.95. The zero-order valence-corrected chi connectivity index (χ0v) is 10.6. The third kappa shape index (κ3) is 2.09. The maximum atomic E-state index is 13.5. The van der Waals surface area contributed by atoms with Crippen LogP contribution in [-0.2, 0) is 0 Å². The number of aromatic nitrogens is 1. The average Bonchev–Trinajstić information content (AvgIpc) is 2.35. The smallest absolute Gasteiger partial charge is 0.148 e. The molecule has 1 aromatic carbocycles. The van der Waals surface area contributed by atoms with Crippen LogP contribution in [0.3, 0.4) is 0 Å². The molecule has 4 nitrogen and oxygen atoms in total. The van der Waals surface area contributed by atoms with Gasteiger partial charge in [-0.15, -0.1) is 0 Å². The van der Waals surface area contributed by atoms with Crippen molar-refractivity contribution >= 4 is 16.7 Å². The molecule has 2 rings (SSSR count). The number of methoxy groups -OCH3 is 1. The Balaban J connectivity index is 2.78. The molecule has 5 heteroatoms. The van der Waals surface area contributed by atoms with Crippen LogP contribution < -0.4 is 16.0 Å². The third-order valence-corrected chi connectivity index (χ3v) is 2.86. The minimum Gasteiger partial charge on any atom is -0.494 e. The lowest BCUT2D eigenvalue weighted by Gasteiger charge is -2.14. The lowest BCUT2D eigenvalue weighted by atomic mass is 10.0. The van der Waals surface area contributed by atoms with Crippen molar-refractivity contribution < 1.29 is 9.13 Å². The largest absolute Gasteiger partial charge is 0.494 e. The molecule has 0 aliphatic rings. The van der Waals surface area contributed by atoms with Crippen molar-refractivity contribution in [1.29, 1.82) is 0 Å². The van der Waals surface area contributed by atoms with E-state index in [1.165, 1.54) is 19.2 Å². The van der Waals surface area contributed by atoms with Crippen molar-refractivity contribution in [3.05, 3.63) is 29.6 Å². The van der Waals surface area contributed by atoms with E-state index >= 15 is 0 Å². The first-order valence-corrected chi connectivity index (χ1v) is 5.71. The number of nitrogens with two attached hydrogens (primary N) is 1. The van der Waals surface area contributed by atoms with Gasteiger partial charge in [-0.3, -0.25) is 0 Å². The molecule has 0 amide bonds. The number of nitrogens with one attached hydrogen (secondary N) is 1. The summed E-state index contributed by atoms with van der Waals surface area (Å²) >= 11 is 0. The molecule has 0 unspecified atom stereocenters. The van der Waals surface area contributed by atoms with E-state index < -0.39 is 0 Å². The summed E-state index contributed by atoms with van der Waals surface area (Å²) in [6, 6.07) is 4.63. The van der Waals surface area contributed by atoms with E-state index in [0.717, 1.165) is 5.56 Å². The highest BCUT2D eigenvalue weighted by molar-refractivity contribution is 5.87. The predicted molar refractivity (Wildman–Crippen MR) is 70.2 cm³/mol. The molecule has 0 radical (unpaired) electrons. The number of benzene rings is 1. The summed E-state index contributed by atoms with van der Waals surface area (Å²) in [7, 11) is 1.49. The van der Waals surface area contributed by atoms with Gasteiger partial charge in [0.25, 0.3) is 0 Å². The molecule has 0 fully saturated rings. The SMILES string of the molecule is COc1cc(F)cc2cc(C(C)C)c(NN)nc12. The van der Waals surface area contributed by atoms with Gasteiger partial charge in [-0.1, -0.05) is 13.8 Å². The molecule has 0 atom stereocenters. The number of nitrogen functional groups attached to an aromatic ring is 1. The standard InChI is InChI=1S/C13H16FN3O/c1-7(2)10-5-8-4-9(14)6-11(18-3)12(8)16-13(10)17-15/h4-7H,15H2,1-3H3,(H,16,17). The fraction of sp³-hybridized carbons (Fsp3) is 0.308. The molecule has 96 valence electrons. The molecule has 0 aliphatic carbocycles. The average molecular weight is 249 g/mol. The second-order valence-electron chi connectivity index (χ2n) is 4.41. The minimum absolute atomic E-state index is 0.238. The van der Waals surface area contributed by atoms with Crippen LogP contribution in [-0.4, -0.2) is 12.1 Å². The highest BCUT2D eigenvalue weighted by Gasteiger charge is 2.13. The van der Waals surface area contributed by atoms with Gasteiger partial charge in [0, 0.05) is 11.5 Å². The summed E-state index contributed by atoms with van der Waals surface area (Å²) in [5.74, 6) is 6.35. The van der Waals surface area contributed by atoms with Crippen molar-refractivity contribution in [2.24, 2.45) is 5.84 Å². The topological polar surface area (TPSA) is 60.2 Å². The zero-order chi connectivity index (χ0) is 13.3. The quantitative estimate of drug-likeness (QED) is 0.648. The van der Waals surface area contributed by atoms with Crippen molar-refractivity contribution in [1.82, 2.24) is 4.98 Å². The number of hydrogen-bond donors (Lipinski definition) is 2. The Labute approximate surface area is 105 Å². The van der Waals surface area contributed by atoms with Gasteiger partial charge in [0.1, 0.15) is 22.9 Å². The molecule has 0 saturated heterocycles. The summed E-state index contributed by atoms with van der Waals surface area (Å²) in [6.45, 7) is 4.06. The second-order valence-corrected chi connectivity index (χ2v) is 4.41. The number of halogens is 1. The van der Waals surface area contributed by atoms with Crippen molar-refractivity contribution in [3.63, 3.8) is 0 Å². The molecule has 3 N–H and O–H groups in total. The first-order valence-electron chi connectivity index (χ1n) is 5.71. The molecule has 0 bridgehead atoms. The lowest BCUT2D eigenvalue weighted by Crippen LogP contribution is -2.12. The molecule has 1 aromatic heterocycles. The number of pyridine rings is 1. The number of hydrogen-bond acceptors (Lipinski definition) is 4. The maximum Gasteiger partial charge on any atom is 0.148 e. The molecule has 0 saturated carbocycles. The summed E-state index contributed by atoms with van der Waals surface area (Å²) in [5, 5.41) is 0.703. The van der Waals surface area contributed by atoms with Crippen LogP contribution in [0.4, 0.5) is 10.2 Å². The predicted octanol–water partition coefficient (Wildman–Crippen LogP) is 2.79. The lowest BCUT2D eigenvalue weighted by molar-refractivity contribution is 0.415. The Hall–Kier alpha value is -1.88. The Bertz CT molecular complexity index is 584. The van der Waals surface area contributed by atoms with Crippen LogP contribution in [0.25, 0.3) is 10.9 Å². The van der Waals surface area contributed by atoms with Gasteiger partial charge in [0.15, 0.2) is 0 Å². The number of nitrogens with zero attached hydrogens (tertiary/aromatic N) is 1. The fourth-order valence-electron chi connectivity index (χ4n) is 1.95. The monoisotopic (exact) mass is 249 g/mol. The van der Waals surface area contributed by atoms with Crippen LogP contribution in [0, 0.1) is 5.82 Å². The zero-order valence-electron chi connectivity index (χ0n) is 10.6. The van der Waals surface area contributed by atoms with E-state index in [9.17, 15) is 4.39 Å². The number of fused-ring (bicyclic) bond motifs is 1. The first kappa shape index (κ1) is 12.6. The summed E-state index contributed by atoms with van der Waals surface area (Å²) in [5.41, 5.74) is 4.11. The van der Waals surface area contributed by atoms with Gasteiger partial charge in [0.05, 0.1) is 7.11 Å². The Morgan fingerprint density at radius 2 is 2.06 bits per heavy atom. The van der Waals surface area contributed by atoms with Crippen LogP contribution in [0.2, 0.25) is 0 Å². The van der Waals surface area contributed by atoms with E-state index in [0.29, 0.717) is 22.5 Å². The molecule has 0 spiro atoms. The van der Waals surface area contributed by atoms with Gasteiger partial charge in [-0.25, -0.2) is 15.2 Å². The van der Waals surface area contributed by atoms with E-state index in [1.807, 2.05) is 19.9 Å². The highest BCUT2D eigenvalue weighted by Crippen LogP contribution is 2.31. The van der Waals surface area contributed by atoms with Crippen molar-refractivity contribution in [3.8, 4) is 5.75 Å². The van der Waals surface area contributed by atoms with E-state index in [4.69, 9.17) is 10.6 Å². The summed E-state index contributed by atoms with van der Waals surface area (Å²) in [6.07, 6.45) is 0. The first-order chi connectivity index (χ1) is 8.56. The van der Waals surface area contributed by atoms with Crippen molar-refractivity contribution in [2.45, 2.75) is 19.8 Å². The number of hydrazine groups is 1. The van der Waals surface area contributed by atoms with Crippen molar-refractivity contribution in [2.75, 3.05) is 12.5 Å². The number of anilines is 1. The van der Waals surface area contributed by atoms with Gasteiger partial charge in [-0.2, -0.15) is 0 Å². The molecular weight excluding hydrogens is 233 g/mol. The number of ether oxygens (including phenoxy) is 1. The van der Waals surface area contributed by atoms with Crippen LogP contribution in [0.1, 0.15) is 25.3 Å². The minimum atomic E-state index is -0.343. The number of rotatable bonds is 3. The molecule has 2 aromatic rings. The normalized spacial score (nSPS) is 11.0. The van der Waals surface area contributed by atoms with Gasteiger partial charge in [0.2, 0.25) is 0 Å². The molecule has 0 aliphatic heterocycles. The molecule has 1 heterocycles. The Morgan fingerprint density at radius 3 is 2.61 bits per heavy atom. The van der Waals surface area contributed by atoms with Gasteiger partial charge >= 0.3 is 0 Å². The highest BCUT2D eigenvalue weighted by atomic mass is 19.1. The van der Waals surface area contributed by atoms with E-state index in [-0.39, 0.29) is 11.7 Å². The van der Waals surface area contributed by atoms with E-state index in [1.54, 1.807) is 0 Å².